The number of ether oxygens (including phenoxy) is 1. The third kappa shape index (κ3) is 2.34. The van der Waals surface area contributed by atoms with Crippen molar-refractivity contribution < 1.29 is 24.2 Å². The first kappa shape index (κ1) is 13.6. The van der Waals surface area contributed by atoms with E-state index in [0.29, 0.717) is 6.42 Å². The zero-order chi connectivity index (χ0) is 14.2. The summed E-state index contributed by atoms with van der Waals surface area (Å²) in [4.78, 5) is 34.7. The van der Waals surface area contributed by atoms with Crippen LogP contribution in [0.25, 0.3) is 0 Å². The van der Waals surface area contributed by atoms with Crippen molar-refractivity contribution in [2.75, 3.05) is 7.11 Å². The van der Waals surface area contributed by atoms with Gasteiger partial charge in [0, 0.05) is 0 Å². The number of aliphatic carboxylic acids is 1. The van der Waals surface area contributed by atoms with E-state index < -0.39 is 29.8 Å². The maximum Gasteiger partial charge on any atom is 0.328 e. The Morgan fingerprint density at radius 1 is 1.26 bits per heavy atom. The molecule has 0 spiro atoms. The molecule has 5 atom stereocenters. The van der Waals surface area contributed by atoms with Crippen molar-refractivity contribution in [2.45, 2.75) is 19.4 Å². The van der Waals surface area contributed by atoms with Gasteiger partial charge < -0.3 is 15.2 Å². The highest BCUT2D eigenvalue weighted by atomic mass is 16.5. The Morgan fingerprint density at radius 2 is 1.84 bits per heavy atom. The quantitative estimate of drug-likeness (QED) is 0.560. The van der Waals surface area contributed by atoms with Gasteiger partial charge >= 0.3 is 11.9 Å². The highest BCUT2D eigenvalue weighted by Gasteiger charge is 2.51. The van der Waals surface area contributed by atoms with Gasteiger partial charge in [-0.3, -0.25) is 9.59 Å². The lowest BCUT2D eigenvalue weighted by Crippen LogP contribution is -2.46. The summed E-state index contributed by atoms with van der Waals surface area (Å²) in [5.41, 5.74) is 0. The molecule has 0 aromatic rings. The molecule has 0 radical (unpaired) electrons. The number of fused-ring (bicyclic) bond motifs is 2. The van der Waals surface area contributed by atoms with Crippen LogP contribution in [0, 0.1) is 23.7 Å². The molecule has 19 heavy (non-hydrogen) atoms. The molecule has 0 heterocycles. The number of nitrogens with one attached hydrogen (secondary N) is 1. The van der Waals surface area contributed by atoms with Crippen LogP contribution in [-0.4, -0.2) is 36.1 Å². The van der Waals surface area contributed by atoms with Gasteiger partial charge in [0.05, 0.1) is 18.9 Å². The molecule has 1 saturated carbocycles. The van der Waals surface area contributed by atoms with Crippen LogP contribution < -0.4 is 5.32 Å². The highest BCUT2D eigenvalue weighted by Crippen LogP contribution is 2.48. The first-order valence-corrected chi connectivity index (χ1v) is 6.25. The summed E-state index contributed by atoms with van der Waals surface area (Å²) in [7, 11) is 1.24. The molecule has 2 aliphatic rings. The molecule has 104 valence electrons. The molecule has 0 aromatic carbocycles. The maximum absolute atomic E-state index is 12.2. The van der Waals surface area contributed by atoms with Crippen LogP contribution in [-0.2, 0) is 19.1 Å². The van der Waals surface area contributed by atoms with Gasteiger partial charge in [0.25, 0.3) is 0 Å². The molecule has 1 amide bonds. The fourth-order valence-corrected chi connectivity index (χ4v) is 3.06. The van der Waals surface area contributed by atoms with E-state index in [4.69, 9.17) is 0 Å². The fourth-order valence-electron chi connectivity index (χ4n) is 3.06. The number of hydrogen-bond acceptors (Lipinski definition) is 4. The smallest absolute Gasteiger partial charge is 0.328 e. The Labute approximate surface area is 110 Å². The first-order valence-electron chi connectivity index (χ1n) is 6.25. The van der Waals surface area contributed by atoms with Crippen molar-refractivity contribution in [2.24, 2.45) is 23.7 Å². The van der Waals surface area contributed by atoms with E-state index in [9.17, 15) is 19.5 Å². The van der Waals surface area contributed by atoms with Crippen LogP contribution in [0.1, 0.15) is 13.3 Å². The number of carboxylic acids is 1. The van der Waals surface area contributed by atoms with E-state index >= 15 is 0 Å². The molecule has 0 aromatic heterocycles. The van der Waals surface area contributed by atoms with E-state index in [2.05, 4.69) is 10.1 Å². The third-order valence-electron chi connectivity index (χ3n) is 3.96. The van der Waals surface area contributed by atoms with Crippen LogP contribution in [0.5, 0.6) is 0 Å². The summed E-state index contributed by atoms with van der Waals surface area (Å²) in [6.45, 7) is 1.52. The highest BCUT2D eigenvalue weighted by molar-refractivity contribution is 5.89. The lowest BCUT2D eigenvalue weighted by molar-refractivity contribution is -0.149. The minimum absolute atomic E-state index is 0.0454. The minimum atomic E-state index is -0.956. The van der Waals surface area contributed by atoms with Gasteiger partial charge in [0.1, 0.15) is 6.04 Å². The molecule has 6 heteroatoms. The predicted molar refractivity (Wildman–Crippen MR) is 65.0 cm³/mol. The average molecular weight is 267 g/mol. The predicted octanol–water partition coefficient (Wildman–Crippen LogP) is 0.187. The number of amides is 1. The third-order valence-corrected chi connectivity index (χ3v) is 3.96. The lowest BCUT2D eigenvalue weighted by Gasteiger charge is -2.25. The SMILES string of the molecule is COC(=O)C(C)NC(=O)C1C2C=CC(C2)C1C(=O)O. The van der Waals surface area contributed by atoms with Gasteiger partial charge in [-0.2, -0.15) is 0 Å². The molecule has 0 aliphatic heterocycles. The zero-order valence-corrected chi connectivity index (χ0v) is 10.8. The van der Waals surface area contributed by atoms with Crippen LogP contribution in [0.2, 0.25) is 0 Å². The molecule has 1 fully saturated rings. The standard InChI is InChI=1S/C13H17NO5/c1-6(13(18)19-2)14-11(15)9-7-3-4-8(5-7)10(9)12(16)17/h3-4,6-10H,5H2,1-2H3,(H,14,15)(H,16,17). The zero-order valence-electron chi connectivity index (χ0n) is 10.8. The molecule has 6 nitrogen and oxygen atoms in total. The molecule has 5 unspecified atom stereocenters. The van der Waals surface area contributed by atoms with Crippen molar-refractivity contribution in [1.82, 2.24) is 5.32 Å². The summed E-state index contributed by atoms with van der Waals surface area (Å²) in [5, 5.41) is 11.8. The number of methoxy groups -OCH3 is 1. The number of carbonyl (C=O) groups excluding carboxylic acids is 2. The van der Waals surface area contributed by atoms with Crippen LogP contribution in [0.15, 0.2) is 12.2 Å². The van der Waals surface area contributed by atoms with Crippen LogP contribution >= 0.6 is 0 Å². The molecular formula is C13H17NO5. The van der Waals surface area contributed by atoms with Gasteiger partial charge in [-0.05, 0) is 25.2 Å². The van der Waals surface area contributed by atoms with Gasteiger partial charge in [-0.1, -0.05) is 12.2 Å². The molecule has 2 N–H and O–H groups in total. The molecule has 2 rings (SSSR count). The number of carbonyl (C=O) groups is 3. The van der Waals surface area contributed by atoms with E-state index in [-0.39, 0.29) is 17.7 Å². The van der Waals surface area contributed by atoms with Gasteiger partial charge in [-0.25, -0.2) is 4.79 Å². The average Bonchev–Trinajstić information content (AvgIpc) is 2.97. The number of carboxylic acid groups (broad SMARTS) is 1. The van der Waals surface area contributed by atoms with E-state index in [1.807, 2.05) is 12.2 Å². The van der Waals surface area contributed by atoms with Crippen molar-refractivity contribution in [1.29, 1.82) is 0 Å². The topological polar surface area (TPSA) is 92.7 Å². The van der Waals surface area contributed by atoms with E-state index in [0.717, 1.165) is 0 Å². The lowest BCUT2D eigenvalue weighted by atomic mass is 9.82. The number of rotatable bonds is 4. The van der Waals surface area contributed by atoms with Crippen LogP contribution in [0.3, 0.4) is 0 Å². The molecule has 0 saturated heterocycles. The van der Waals surface area contributed by atoms with Gasteiger partial charge in [-0.15, -0.1) is 0 Å². The van der Waals surface area contributed by atoms with Crippen molar-refractivity contribution >= 4 is 17.8 Å². The summed E-state index contributed by atoms with van der Waals surface area (Å²) >= 11 is 0. The number of allylic oxidation sites excluding steroid dienone is 2. The largest absolute Gasteiger partial charge is 0.481 e. The van der Waals surface area contributed by atoms with Gasteiger partial charge in [0.2, 0.25) is 5.91 Å². The van der Waals surface area contributed by atoms with Crippen molar-refractivity contribution in [3.8, 4) is 0 Å². The Kier molecular flexibility index (Phi) is 3.59. The summed E-state index contributed by atoms with van der Waals surface area (Å²) < 4.78 is 4.53. The fraction of sp³-hybridized carbons (Fsp3) is 0.615. The first-order chi connectivity index (χ1) is 8.95. The Bertz CT molecular complexity index is 444. The van der Waals surface area contributed by atoms with Crippen LogP contribution in [0.4, 0.5) is 0 Å². The second kappa shape index (κ2) is 5.03. The van der Waals surface area contributed by atoms with Gasteiger partial charge in [0.15, 0.2) is 0 Å². The monoisotopic (exact) mass is 267 g/mol. The molecule has 2 aliphatic carbocycles. The molecular weight excluding hydrogens is 250 g/mol. The maximum atomic E-state index is 12.2. The number of esters is 1. The van der Waals surface area contributed by atoms with E-state index in [1.54, 1.807) is 0 Å². The Hall–Kier alpha value is -1.85. The minimum Gasteiger partial charge on any atom is -0.481 e. The van der Waals surface area contributed by atoms with Crippen molar-refractivity contribution in [3.63, 3.8) is 0 Å². The molecule has 2 bridgehead atoms. The summed E-state index contributed by atoms with van der Waals surface area (Å²) in [6.07, 6.45) is 4.47. The summed E-state index contributed by atoms with van der Waals surface area (Å²) in [5.74, 6) is -3.30. The van der Waals surface area contributed by atoms with Crippen molar-refractivity contribution in [3.05, 3.63) is 12.2 Å². The Morgan fingerprint density at radius 3 is 2.37 bits per heavy atom. The second-order valence-corrected chi connectivity index (χ2v) is 5.09. The second-order valence-electron chi connectivity index (χ2n) is 5.09. The Balaban J connectivity index is 2.08. The number of hydrogen-bond donors (Lipinski definition) is 2. The summed E-state index contributed by atoms with van der Waals surface area (Å²) in [6, 6.07) is -0.768. The van der Waals surface area contributed by atoms with E-state index in [1.165, 1.54) is 14.0 Å². The normalized spacial score (nSPS) is 32.9.